The smallest absolute Gasteiger partial charge is 0.253 e. The van der Waals surface area contributed by atoms with Crippen molar-refractivity contribution in [3.8, 4) is 0 Å². The molecule has 32 heavy (non-hydrogen) atoms. The summed E-state index contributed by atoms with van der Waals surface area (Å²) in [5, 5.41) is 2.57. The van der Waals surface area contributed by atoms with E-state index in [4.69, 9.17) is 9.16 Å². The minimum Gasteiger partial charge on any atom is -0.405 e. The topological polar surface area (TPSA) is 35.5 Å². The van der Waals surface area contributed by atoms with Crippen molar-refractivity contribution in [2.24, 2.45) is 17.8 Å². The molecule has 0 N–H and O–H groups in total. The maximum Gasteiger partial charge on any atom is 0.253 e. The molecule has 1 saturated heterocycles. The fourth-order valence-electron chi connectivity index (χ4n) is 6.26. The Bertz CT molecular complexity index is 949. The van der Waals surface area contributed by atoms with Crippen LogP contribution in [-0.4, -0.2) is 31.9 Å². The molecule has 2 fully saturated rings. The molecule has 5 rings (SSSR count). The minimum absolute atomic E-state index is 0.0619. The summed E-state index contributed by atoms with van der Waals surface area (Å²) < 4.78 is 14.0. The molecule has 2 heterocycles. The van der Waals surface area contributed by atoms with Gasteiger partial charge in [0.15, 0.2) is 0 Å². The summed E-state index contributed by atoms with van der Waals surface area (Å²) in [6, 6.07) is 21.4. The number of ketones is 1. The van der Waals surface area contributed by atoms with Crippen molar-refractivity contribution in [3.05, 3.63) is 72.8 Å². The number of carbonyl (C=O) groups is 1. The second kappa shape index (κ2) is 8.40. The molecule has 0 radical (unpaired) electrons. The molecule has 1 aliphatic carbocycles. The molecule has 0 spiro atoms. The normalized spacial score (nSPS) is 34.6. The fraction of sp³-hybridized carbons (Fsp3) is 0.464. The van der Waals surface area contributed by atoms with Gasteiger partial charge in [-0.1, -0.05) is 99.5 Å². The molecule has 4 heteroatoms. The number of hydrogen-bond acceptors (Lipinski definition) is 3. The Labute approximate surface area is 193 Å². The summed E-state index contributed by atoms with van der Waals surface area (Å²) in [5.74, 6) is 0.334. The quantitative estimate of drug-likeness (QED) is 0.501. The molecule has 2 aromatic carbocycles. The van der Waals surface area contributed by atoms with Crippen LogP contribution in [0.4, 0.5) is 0 Å². The van der Waals surface area contributed by atoms with E-state index in [1.54, 1.807) is 0 Å². The summed E-state index contributed by atoms with van der Waals surface area (Å²) in [4.78, 5) is 13.1. The summed E-state index contributed by atoms with van der Waals surface area (Å²) in [7, 11) is -2.44. The Morgan fingerprint density at radius 1 is 0.938 bits per heavy atom. The second-order valence-electron chi connectivity index (χ2n) is 10.0. The first-order chi connectivity index (χ1) is 15.5. The molecule has 3 aliphatic rings. The molecule has 3 nitrogen and oxygen atoms in total. The van der Waals surface area contributed by atoms with Gasteiger partial charge in [0.1, 0.15) is 11.4 Å². The largest absolute Gasteiger partial charge is 0.405 e. The first-order valence-electron chi connectivity index (χ1n) is 12.2. The summed E-state index contributed by atoms with van der Waals surface area (Å²) >= 11 is 0. The van der Waals surface area contributed by atoms with Gasteiger partial charge in [-0.05, 0) is 29.8 Å². The number of ether oxygens (including phenoxy) is 1. The zero-order valence-electron chi connectivity index (χ0n) is 19.4. The van der Waals surface area contributed by atoms with Gasteiger partial charge in [-0.3, -0.25) is 4.79 Å². The van der Waals surface area contributed by atoms with Gasteiger partial charge in [-0.15, -0.1) is 0 Å². The molecule has 168 valence electrons. The van der Waals surface area contributed by atoms with Crippen LogP contribution in [0.25, 0.3) is 0 Å². The standard InChI is InChI=1S/C28H34O3Si/c1-20-25-18-19-28(30-25,21(2)27(20)29)24-16-10-11-17-26(24)31-32(3,22-12-6-4-7-13-22)23-14-8-5-9-15-23/h4-9,12-15,18-21,24-26H,10-11,16-17H2,1-3H3/t20-,21-,24+,25+,26+,28-/m0/s1. The maximum atomic E-state index is 13.1. The van der Waals surface area contributed by atoms with Crippen LogP contribution in [0.15, 0.2) is 72.8 Å². The van der Waals surface area contributed by atoms with Crippen molar-refractivity contribution in [3.63, 3.8) is 0 Å². The van der Waals surface area contributed by atoms with Crippen LogP contribution in [0, 0.1) is 17.8 Å². The monoisotopic (exact) mass is 446 g/mol. The van der Waals surface area contributed by atoms with Crippen molar-refractivity contribution < 1.29 is 14.0 Å². The predicted octanol–water partition coefficient (Wildman–Crippen LogP) is 4.50. The van der Waals surface area contributed by atoms with Crippen LogP contribution in [0.3, 0.4) is 0 Å². The molecule has 1 saturated carbocycles. The van der Waals surface area contributed by atoms with Crippen molar-refractivity contribution in [1.82, 2.24) is 0 Å². The van der Waals surface area contributed by atoms with Crippen molar-refractivity contribution in [2.45, 2.75) is 63.9 Å². The molecule has 2 aromatic rings. The zero-order chi connectivity index (χ0) is 22.3. The van der Waals surface area contributed by atoms with E-state index in [2.05, 4.69) is 86.3 Å². The Morgan fingerprint density at radius 3 is 2.16 bits per heavy atom. The fourth-order valence-corrected chi connectivity index (χ4v) is 9.41. The number of hydrogen-bond donors (Lipinski definition) is 0. The van der Waals surface area contributed by atoms with Crippen LogP contribution in [0.1, 0.15) is 39.5 Å². The Balaban J connectivity index is 1.53. The molecular formula is C28H34O3Si. The van der Waals surface area contributed by atoms with Crippen LogP contribution < -0.4 is 10.4 Å². The van der Waals surface area contributed by atoms with Crippen LogP contribution in [0.5, 0.6) is 0 Å². The van der Waals surface area contributed by atoms with E-state index in [9.17, 15) is 4.79 Å². The molecule has 2 bridgehead atoms. The van der Waals surface area contributed by atoms with Gasteiger partial charge in [0.25, 0.3) is 8.32 Å². The first-order valence-corrected chi connectivity index (χ1v) is 14.6. The van der Waals surface area contributed by atoms with Crippen molar-refractivity contribution in [1.29, 1.82) is 0 Å². The second-order valence-corrected chi connectivity index (χ2v) is 13.5. The van der Waals surface area contributed by atoms with E-state index in [-0.39, 0.29) is 30.0 Å². The van der Waals surface area contributed by atoms with E-state index in [1.807, 2.05) is 6.92 Å². The van der Waals surface area contributed by atoms with E-state index in [0.29, 0.717) is 5.78 Å². The lowest BCUT2D eigenvalue weighted by Gasteiger charge is -2.50. The molecule has 0 aromatic heterocycles. The lowest BCUT2D eigenvalue weighted by molar-refractivity contribution is -0.180. The molecular weight excluding hydrogens is 412 g/mol. The van der Waals surface area contributed by atoms with Crippen molar-refractivity contribution >= 4 is 24.5 Å². The number of carbonyl (C=O) groups excluding carboxylic acids is 1. The minimum atomic E-state index is -2.44. The highest BCUT2D eigenvalue weighted by molar-refractivity contribution is 6.96. The zero-order valence-corrected chi connectivity index (χ0v) is 20.4. The highest BCUT2D eigenvalue weighted by atomic mass is 28.4. The summed E-state index contributed by atoms with van der Waals surface area (Å²) in [5.41, 5.74) is -0.526. The van der Waals surface area contributed by atoms with Gasteiger partial charge in [-0.2, -0.15) is 0 Å². The first kappa shape index (κ1) is 21.8. The number of fused-ring (bicyclic) bond motifs is 2. The van der Waals surface area contributed by atoms with Crippen LogP contribution in [-0.2, 0) is 14.0 Å². The molecule has 0 amide bonds. The number of Topliss-reactive ketones (excluding diaryl/α,β-unsaturated/α-hetero) is 1. The lowest BCUT2D eigenvalue weighted by atomic mass is 9.67. The molecule has 0 unspecified atom stereocenters. The highest BCUT2D eigenvalue weighted by Crippen LogP contribution is 2.50. The Morgan fingerprint density at radius 2 is 1.53 bits per heavy atom. The van der Waals surface area contributed by atoms with Crippen molar-refractivity contribution in [2.75, 3.05) is 0 Å². The highest BCUT2D eigenvalue weighted by Gasteiger charge is 2.58. The number of rotatable bonds is 5. The maximum absolute atomic E-state index is 13.1. The van der Waals surface area contributed by atoms with E-state index in [0.717, 1.165) is 19.3 Å². The van der Waals surface area contributed by atoms with Gasteiger partial charge >= 0.3 is 0 Å². The summed E-state index contributed by atoms with van der Waals surface area (Å²) in [6.07, 6.45) is 8.75. The third-order valence-corrected chi connectivity index (χ3v) is 11.9. The van der Waals surface area contributed by atoms with Gasteiger partial charge < -0.3 is 9.16 Å². The molecule has 6 atom stereocenters. The van der Waals surface area contributed by atoms with E-state index in [1.165, 1.54) is 16.8 Å². The van der Waals surface area contributed by atoms with E-state index >= 15 is 0 Å². The van der Waals surface area contributed by atoms with Gasteiger partial charge in [-0.25, -0.2) is 0 Å². The molecule has 2 aliphatic heterocycles. The SMILES string of the molecule is C[C@@H]1C(=O)[C@H](C)[C@]2([C@@H]3CCCC[C@H]3O[Si](C)(c3ccccc3)c3ccccc3)C=C[C@H]1O2. The van der Waals surface area contributed by atoms with Gasteiger partial charge in [0, 0.05) is 17.8 Å². The van der Waals surface area contributed by atoms with Gasteiger partial charge in [0.2, 0.25) is 0 Å². The average Bonchev–Trinajstić information content (AvgIpc) is 3.27. The van der Waals surface area contributed by atoms with Gasteiger partial charge in [0.05, 0.1) is 12.2 Å². The Kier molecular flexibility index (Phi) is 5.73. The summed E-state index contributed by atoms with van der Waals surface area (Å²) in [6.45, 7) is 6.40. The predicted molar refractivity (Wildman–Crippen MR) is 131 cm³/mol. The van der Waals surface area contributed by atoms with E-state index < -0.39 is 13.9 Å². The van der Waals surface area contributed by atoms with Crippen LogP contribution >= 0.6 is 0 Å². The third-order valence-electron chi connectivity index (χ3n) is 8.25. The van der Waals surface area contributed by atoms with Crippen LogP contribution in [0.2, 0.25) is 6.55 Å². The lowest BCUT2D eigenvalue weighted by Crippen LogP contribution is -2.64. The third kappa shape index (κ3) is 3.44. The number of benzene rings is 2. The Hall–Kier alpha value is -2.01. The average molecular weight is 447 g/mol.